The number of rotatable bonds is 4. The highest BCUT2D eigenvalue weighted by Crippen LogP contribution is 2.75. The molecule has 1 saturated heterocycles. The van der Waals surface area contributed by atoms with Crippen molar-refractivity contribution in [3.63, 3.8) is 0 Å². The largest absolute Gasteiger partial charge is 0.459 e. The minimum atomic E-state index is -2.00. The Kier molecular flexibility index (Phi) is 4.67. The summed E-state index contributed by atoms with van der Waals surface area (Å²) in [5.74, 6) is -1.99. The van der Waals surface area contributed by atoms with Crippen LogP contribution in [0.4, 0.5) is 0 Å². The smallest absolute Gasteiger partial charge is 0.303 e. The van der Waals surface area contributed by atoms with Gasteiger partial charge in [0, 0.05) is 31.1 Å². The summed E-state index contributed by atoms with van der Waals surface area (Å²) in [5, 5.41) is 11.9. The fraction of sp³-hybridized carbons (Fsp3) is 0.680. The zero-order chi connectivity index (χ0) is 24.0. The molecule has 5 aliphatic rings. The molecule has 178 valence electrons. The summed E-state index contributed by atoms with van der Waals surface area (Å²) < 4.78 is 16.9. The van der Waals surface area contributed by atoms with Gasteiger partial charge in [-0.3, -0.25) is 19.2 Å². The van der Waals surface area contributed by atoms with Crippen molar-refractivity contribution in [2.24, 2.45) is 22.7 Å². The normalized spacial score (nSPS) is 46.8. The van der Waals surface area contributed by atoms with Gasteiger partial charge in [-0.1, -0.05) is 24.6 Å². The van der Waals surface area contributed by atoms with Gasteiger partial charge in [0.1, 0.15) is 11.7 Å². The van der Waals surface area contributed by atoms with E-state index in [0.29, 0.717) is 25.7 Å². The predicted molar refractivity (Wildman–Crippen MR) is 114 cm³/mol. The van der Waals surface area contributed by atoms with Gasteiger partial charge in [0.25, 0.3) is 0 Å². The van der Waals surface area contributed by atoms with Crippen LogP contribution in [0.1, 0.15) is 53.4 Å². The summed E-state index contributed by atoms with van der Waals surface area (Å²) in [4.78, 5) is 48.6. The molecule has 2 unspecified atom stereocenters. The molecular formula is C25H30O8. The van der Waals surface area contributed by atoms with Crippen LogP contribution >= 0.6 is 0 Å². The van der Waals surface area contributed by atoms with Crippen LogP contribution in [0.3, 0.4) is 0 Å². The van der Waals surface area contributed by atoms with E-state index in [1.165, 1.54) is 13.8 Å². The molecule has 0 aromatic carbocycles. The molecule has 0 bridgehead atoms. The molecule has 1 aliphatic heterocycles. The second kappa shape index (κ2) is 6.85. The molecule has 2 saturated carbocycles. The molecule has 0 aromatic rings. The summed E-state index contributed by atoms with van der Waals surface area (Å²) in [6, 6.07) is 0. The Morgan fingerprint density at radius 3 is 2.58 bits per heavy atom. The standard InChI is InChI=1S/C25H30O8/c1-13(26)31-12-19(29)24(30)20(32-14(2)27)10-18-17-6-5-15-9-16(28)7-8-22(15,3)25(17)21(33-25)11-23(18,24)4/h5,7-8,17-18,20-21,30H,6,9-12H2,1-4H3/t17?,18?,20-,21+,22+,23+,24-,25-/m1/s1. The zero-order valence-corrected chi connectivity index (χ0v) is 19.4. The first kappa shape index (κ1) is 22.5. The van der Waals surface area contributed by atoms with Gasteiger partial charge in [-0.15, -0.1) is 0 Å². The van der Waals surface area contributed by atoms with E-state index < -0.39 is 52.5 Å². The molecule has 1 N–H and O–H groups in total. The number of fused-ring (bicyclic) bond motifs is 3. The Morgan fingerprint density at radius 1 is 1.18 bits per heavy atom. The lowest BCUT2D eigenvalue weighted by Crippen LogP contribution is -2.63. The third-order valence-corrected chi connectivity index (χ3v) is 9.23. The van der Waals surface area contributed by atoms with Crippen molar-refractivity contribution in [2.45, 2.75) is 76.8 Å². The van der Waals surface area contributed by atoms with Gasteiger partial charge in [0.2, 0.25) is 5.78 Å². The highest BCUT2D eigenvalue weighted by Gasteiger charge is 2.82. The Balaban J connectivity index is 1.56. The number of esters is 2. The molecule has 8 atom stereocenters. The summed E-state index contributed by atoms with van der Waals surface area (Å²) >= 11 is 0. The number of allylic oxidation sites excluding steroid dienone is 2. The molecular weight excluding hydrogens is 428 g/mol. The number of hydrogen-bond acceptors (Lipinski definition) is 8. The Labute approximate surface area is 192 Å². The predicted octanol–water partition coefficient (Wildman–Crippen LogP) is 1.83. The van der Waals surface area contributed by atoms with E-state index in [2.05, 4.69) is 13.0 Å². The van der Waals surface area contributed by atoms with Gasteiger partial charge >= 0.3 is 11.9 Å². The number of aliphatic hydroxyl groups is 1. The van der Waals surface area contributed by atoms with Crippen molar-refractivity contribution < 1.29 is 38.5 Å². The van der Waals surface area contributed by atoms with Gasteiger partial charge in [0.15, 0.2) is 18.0 Å². The lowest BCUT2D eigenvalue weighted by molar-refractivity contribution is -0.186. The van der Waals surface area contributed by atoms with E-state index in [9.17, 15) is 24.3 Å². The van der Waals surface area contributed by atoms with Crippen LogP contribution in [0.2, 0.25) is 0 Å². The highest BCUT2D eigenvalue weighted by atomic mass is 16.6. The molecule has 8 heteroatoms. The zero-order valence-electron chi connectivity index (χ0n) is 19.4. The third-order valence-electron chi connectivity index (χ3n) is 9.23. The van der Waals surface area contributed by atoms with Crippen LogP contribution in [0, 0.1) is 22.7 Å². The highest BCUT2D eigenvalue weighted by molar-refractivity contribution is 5.94. The maximum atomic E-state index is 13.3. The van der Waals surface area contributed by atoms with Crippen molar-refractivity contribution >= 4 is 23.5 Å². The summed E-state index contributed by atoms with van der Waals surface area (Å²) in [5.41, 5.74) is -2.82. The van der Waals surface area contributed by atoms with Crippen molar-refractivity contribution in [3.8, 4) is 0 Å². The number of epoxide rings is 1. The Morgan fingerprint density at radius 2 is 1.91 bits per heavy atom. The van der Waals surface area contributed by atoms with Gasteiger partial charge in [-0.25, -0.2) is 0 Å². The van der Waals surface area contributed by atoms with Crippen molar-refractivity contribution in [1.29, 1.82) is 0 Å². The Hall–Kier alpha value is -2.32. The van der Waals surface area contributed by atoms with Crippen LogP contribution in [0.5, 0.6) is 0 Å². The van der Waals surface area contributed by atoms with Gasteiger partial charge in [-0.2, -0.15) is 0 Å². The van der Waals surface area contributed by atoms with Crippen molar-refractivity contribution in [1.82, 2.24) is 0 Å². The average molecular weight is 459 g/mol. The minimum absolute atomic E-state index is 0.0264. The molecule has 0 aromatic heterocycles. The van der Waals surface area contributed by atoms with E-state index >= 15 is 0 Å². The summed E-state index contributed by atoms with van der Waals surface area (Å²) in [6.07, 6.45) is 6.20. The van der Waals surface area contributed by atoms with Gasteiger partial charge in [-0.05, 0) is 44.1 Å². The monoisotopic (exact) mass is 458 g/mol. The lowest BCUT2D eigenvalue weighted by atomic mass is 9.47. The lowest BCUT2D eigenvalue weighted by Gasteiger charge is -2.54. The van der Waals surface area contributed by atoms with E-state index in [-0.39, 0.29) is 23.7 Å². The molecule has 0 radical (unpaired) electrons. The maximum Gasteiger partial charge on any atom is 0.303 e. The molecule has 3 fully saturated rings. The third kappa shape index (κ3) is 2.71. The number of ketones is 2. The fourth-order valence-electron chi connectivity index (χ4n) is 7.65. The fourth-order valence-corrected chi connectivity index (χ4v) is 7.65. The number of hydrogen-bond donors (Lipinski definition) is 1. The number of carbonyl (C=O) groups excluding carboxylic acids is 4. The van der Waals surface area contributed by atoms with Crippen molar-refractivity contribution in [3.05, 3.63) is 23.8 Å². The number of Topliss-reactive ketones (excluding diaryl/α,β-unsaturated/α-hetero) is 1. The molecule has 1 spiro atoms. The van der Waals surface area contributed by atoms with Crippen LogP contribution in [-0.4, -0.2) is 58.6 Å². The SMILES string of the molecule is CC(=O)OCC(=O)[C@@]1(O)[C@H](OC(C)=O)CC2C3CC=C4CC(=O)C=C[C@]4(C)[C@@]34O[C@H]4C[C@@]21C. The first-order valence-corrected chi connectivity index (χ1v) is 11.6. The average Bonchev–Trinajstić information content (AvgIpc) is 3.41. The minimum Gasteiger partial charge on any atom is -0.459 e. The maximum absolute atomic E-state index is 13.3. The topological polar surface area (TPSA) is 120 Å². The first-order chi connectivity index (χ1) is 15.4. The second-order valence-corrected chi connectivity index (χ2v) is 10.7. The molecule has 33 heavy (non-hydrogen) atoms. The molecule has 1 heterocycles. The van der Waals surface area contributed by atoms with Gasteiger partial charge in [0.05, 0.1) is 6.10 Å². The summed E-state index contributed by atoms with van der Waals surface area (Å²) in [7, 11) is 0. The molecule has 0 amide bonds. The van der Waals surface area contributed by atoms with Crippen molar-refractivity contribution in [2.75, 3.05) is 6.61 Å². The Bertz CT molecular complexity index is 1030. The molecule has 8 nitrogen and oxygen atoms in total. The van der Waals surface area contributed by atoms with Crippen LogP contribution in [0.15, 0.2) is 23.8 Å². The summed E-state index contributed by atoms with van der Waals surface area (Å²) in [6.45, 7) is 5.83. The second-order valence-electron chi connectivity index (χ2n) is 10.7. The number of carbonyl (C=O) groups is 4. The van der Waals surface area contributed by atoms with Gasteiger partial charge < -0.3 is 19.3 Å². The van der Waals surface area contributed by atoms with Crippen LogP contribution in [-0.2, 0) is 33.4 Å². The van der Waals surface area contributed by atoms with E-state index in [0.717, 1.165) is 5.57 Å². The quantitative estimate of drug-likeness (QED) is 0.385. The van der Waals surface area contributed by atoms with Crippen LogP contribution in [0.25, 0.3) is 0 Å². The number of ether oxygens (including phenoxy) is 3. The molecule has 5 rings (SSSR count). The van der Waals surface area contributed by atoms with Crippen LogP contribution < -0.4 is 0 Å². The van der Waals surface area contributed by atoms with E-state index in [4.69, 9.17) is 14.2 Å². The van der Waals surface area contributed by atoms with E-state index in [1.807, 2.05) is 13.0 Å². The molecule has 4 aliphatic carbocycles. The first-order valence-electron chi connectivity index (χ1n) is 11.6. The van der Waals surface area contributed by atoms with E-state index in [1.54, 1.807) is 6.08 Å².